The van der Waals surface area contributed by atoms with Crippen LogP contribution in [0, 0.1) is 0 Å². The van der Waals surface area contributed by atoms with Gasteiger partial charge < -0.3 is 19.7 Å². The molecule has 1 rings (SSSR count). The van der Waals surface area contributed by atoms with Crippen molar-refractivity contribution in [3.05, 3.63) is 41.9 Å². The molecule has 0 aliphatic carbocycles. The molecule has 0 atom stereocenters. The van der Waals surface area contributed by atoms with E-state index in [9.17, 15) is 14.4 Å². The summed E-state index contributed by atoms with van der Waals surface area (Å²) in [5.41, 5.74) is 8.81. The Morgan fingerprint density at radius 3 is 2.45 bits per heavy atom. The molecule has 29 heavy (non-hydrogen) atoms. The molecule has 0 fully saturated rings. The van der Waals surface area contributed by atoms with Crippen molar-refractivity contribution in [3.8, 4) is 11.5 Å². The number of unbranched alkanes of at least 4 members (excludes halogenated alkanes) is 1. The van der Waals surface area contributed by atoms with E-state index in [4.69, 9.17) is 19.7 Å². The molecule has 1 aromatic rings. The van der Waals surface area contributed by atoms with Gasteiger partial charge in [-0.2, -0.15) is 4.79 Å². The molecule has 9 nitrogen and oxygen atoms in total. The lowest BCUT2D eigenvalue weighted by Crippen LogP contribution is -2.44. The minimum atomic E-state index is -1.11. The van der Waals surface area contributed by atoms with Gasteiger partial charge in [0.1, 0.15) is 0 Å². The lowest BCUT2D eigenvalue weighted by Gasteiger charge is -2.19. The van der Waals surface area contributed by atoms with Crippen LogP contribution in [-0.2, 0) is 25.7 Å². The first kappa shape index (κ1) is 23.6. The molecule has 0 radical (unpaired) electrons. The quantitative estimate of drug-likeness (QED) is 0.106. The topological polar surface area (TPSA) is 119 Å². The first-order valence-corrected chi connectivity index (χ1v) is 8.99. The summed E-state index contributed by atoms with van der Waals surface area (Å²) in [6, 6.07) is 4.89. The molecule has 0 aliphatic heterocycles. The smallest absolute Gasteiger partial charge is 0.463 e. The number of carbonyl (C=O) groups is 3. The number of ether oxygens (including phenoxy) is 3. The van der Waals surface area contributed by atoms with Gasteiger partial charge >= 0.3 is 17.6 Å². The van der Waals surface area contributed by atoms with Crippen molar-refractivity contribution in [1.82, 2.24) is 4.90 Å². The fraction of sp³-hybridized carbons (Fsp3) is 0.400. The molecule has 0 saturated carbocycles. The van der Waals surface area contributed by atoms with E-state index in [0.29, 0.717) is 29.9 Å². The molecular weight excluding hydrogens is 378 g/mol. The highest BCUT2D eigenvalue weighted by Crippen LogP contribution is 2.28. The highest BCUT2D eigenvalue weighted by atomic mass is 16.5. The maximum atomic E-state index is 12.8. The van der Waals surface area contributed by atoms with Gasteiger partial charge in [-0.3, -0.25) is 14.5 Å². The number of esters is 1. The Morgan fingerprint density at radius 2 is 1.90 bits per heavy atom. The standard InChI is InChI=1S/C20H25N3O6/c1-5-7-8-9-17(24)23(19(25)18(22-21)20(26)29-6-2)13-14-10-11-15(27-3)16(12-14)28-4/h5,10-12H,1,6-9,13H2,2-4H3. The maximum Gasteiger partial charge on any atom is 0.463 e. The number of imide groups is 1. The summed E-state index contributed by atoms with van der Waals surface area (Å²) in [6.45, 7) is 4.95. The number of carbonyl (C=O) groups excluding carboxylic acids is 3. The number of hydrogen-bond acceptors (Lipinski definition) is 6. The van der Waals surface area contributed by atoms with Crippen molar-refractivity contribution >= 4 is 23.5 Å². The average molecular weight is 403 g/mol. The lowest BCUT2D eigenvalue weighted by atomic mass is 10.1. The summed E-state index contributed by atoms with van der Waals surface area (Å²) in [7, 11) is 2.95. The molecule has 2 amide bonds. The van der Waals surface area contributed by atoms with E-state index in [-0.39, 0.29) is 19.6 Å². The zero-order valence-electron chi connectivity index (χ0n) is 16.8. The third-order valence-corrected chi connectivity index (χ3v) is 3.91. The number of benzene rings is 1. The molecule has 9 heteroatoms. The average Bonchev–Trinajstić information content (AvgIpc) is 2.72. The van der Waals surface area contributed by atoms with Crippen molar-refractivity contribution in [2.45, 2.75) is 32.7 Å². The molecule has 0 saturated heterocycles. The zero-order valence-corrected chi connectivity index (χ0v) is 16.8. The van der Waals surface area contributed by atoms with Gasteiger partial charge in [0.05, 0.1) is 27.4 Å². The number of amides is 2. The summed E-state index contributed by atoms with van der Waals surface area (Å²) in [4.78, 5) is 41.0. The van der Waals surface area contributed by atoms with Crippen molar-refractivity contribution in [2.75, 3.05) is 20.8 Å². The highest BCUT2D eigenvalue weighted by Gasteiger charge is 2.38. The molecule has 1 aromatic carbocycles. The second kappa shape index (κ2) is 12.1. The van der Waals surface area contributed by atoms with Gasteiger partial charge in [0.25, 0.3) is 0 Å². The van der Waals surface area contributed by atoms with E-state index in [2.05, 4.69) is 11.4 Å². The third-order valence-electron chi connectivity index (χ3n) is 3.91. The number of nitrogens with zero attached hydrogens (tertiary/aromatic N) is 3. The van der Waals surface area contributed by atoms with Crippen LogP contribution in [0.25, 0.3) is 5.53 Å². The third kappa shape index (κ3) is 6.58. The van der Waals surface area contributed by atoms with Gasteiger partial charge in [-0.25, -0.2) is 4.79 Å². The zero-order chi connectivity index (χ0) is 21.8. The van der Waals surface area contributed by atoms with Crippen LogP contribution in [0.4, 0.5) is 0 Å². The largest absolute Gasteiger partial charge is 0.493 e. The van der Waals surface area contributed by atoms with Crippen LogP contribution in [0.1, 0.15) is 31.7 Å². The normalized spacial score (nSPS) is 9.76. The van der Waals surface area contributed by atoms with Gasteiger partial charge in [0.15, 0.2) is 11.5 Å². The fourth-order valence-electron chi connectivity index (χ4n) is 2.47. The van der Waals surface area contributed by atoms with Crippen LogP contribution in [0.15, 0.2) is 30.9 Å². The Hall–Kier alpha value is -3.45. The summed E-state index contributed by atoms with van der Waals surface area (Å²) in [5.74, 6) is -1.80. The molecule has 0 heterocycles. The molecular formula is C20H25N3O6. The van der Waals surface area contributed by atoms with E-state index in [1.807, 2.05) is 0 Å². The van der Waals surface area contributed by atoms with Gasteiger partial charge in [-0.05, 0) is 37.5 Å². The van der Waals surface area contributed by atoms with Crippen molar-refractivity contribution in [3.63, 3.8) is 0 Å². The first-order chi connectivity index (χ1) is 13.9. The predicted molar refractivity (Wildman–Crippen MR) is 104 cm³/mol. The van der Waals surface area contributed by atoms with Gasteiger partial charge in [-0.1, -0.05) is 12.1 Å². The van der Waals surface area contributed by atoms with Crippen LogP contribution >= 0.6 is 0 Å². The Labute approximate surface area is 169 Å². The summed E-state index contributed by atoms with van der Waals surface area (Å²) >= 11 is 0. The summed E-state index contributed by atoms with van der Waals surface area (Å²) in [5, 5.41) is 0. The van der Waals surface area contributed by atoms with Crippen LogP contribution < -0.4 is 9.47 Å². The Balaban J connectivity index is 3.22. The second-order valence-corrected chi connectivity index (χ2v) is 5.82. The molecule has 0 aromatic heterocycles. The van der Waals surface area contributed by atoms with Crippen LogP contribution in [0.3, 0.4) is 0 Å². The van der Waals surface area contributed by atoms with Crippen molar-refractivity contribution in [2.24, 2.45) is 0 Å². The highest BCUT2D eigenvalue weighted by molar-refractivity contribution is 6.62. The Kier molecular flexibility index (Phi) is 9.84. The van der Waals surface area contributed by atoms with Crippen LogP contribution in [0.5, 0.6) is 11.5 Å². The van der Waals surface area contributed by atoms with E-state index < -0.39 is 23.5 Å². The second-order valence-electron chi connectivity index (χ2n) is 5.82. The van der Waals surface area contributed by atoms with Gasteiger partial charge in [0.2, 0.25) is 5.91 Å². The van der Waals surface area contributed by atoms with E-state index >= 15 is 0 Å². The Bertz CT molecular complexity index is 814. The summed E-state index contributed by atoms with van der Waals surface area (Å²) < 4.78 is 15.1. The number of allylic oxidation sites excluding steroid dienone is 1. The molecule has 0 bridgehead atoms. The van der Waals surface area contributed by atoms with E-state index in [1.165, 1.54) is 14.2 Å². The molecule has 156 valence electrons. The van der Waals surface area contributed by atoms with Crippen LogP contribution in [0.2, 0.25) is 0 Å². The van der Waals surface area contributed by atoms with E-state index in [1.54, 1.807) is 31.2 Å². The molecule has 0 N–H and O–H groups in total. The number of hydrogen-bond donors (Lipinski definition) is 0. The molecule has 0 spiro atoms. The fourth-order valence-corrected chi connectivity index (χ4v) is 2.47. The predicted octanol–water partition coefficient (Wildman–Crippen LogP) is 2.15. The van der Waals surface area contributed by atoms with E-state index in [0.717, 1.165) is 4.90 Å². The van der Waals surface area contributed by atoms with Gasteiger partial charge in [-0.15, -0.1) is 6.58 Å². The molecule has 0 unspecified atom stereocenters. The minimum Gasteiger partial charge on any atom is -0.493 e. The number of methoxy groups -OCH3 is 2. The van der Waals surface area contributed by atoms with Crippen molar-refractivity contribution in [1.29, 1.82) is 0 Å². The van der Waals surface area contributed by atoms with Crippen LogP contribution in [-0.4, -0.2) is 54.0 Å². The Morgan fingerprint density at radius 1 is 1.21 bits per heavy atom. The first-order valence-electron chi connectivity index (χ1n) is 8.99. The minimum absolute atomic E-state index is 0.0197. The van der Waals surface area contributed by atoms with Gasteiger partial charge in [0, 0.05) is 6.42 Å². The monoisotopic (exact) mass is 403 g/mol. The maximum absolute atomic E-state index is 12.8. The van der Waals surface area contributed by atoms with Crippen molar-refractivity contribution < 1.29 is 33.4 Å². The lowest BCUT2D eigenvalue weighted by molar-refractivity contribution is -0.148. The number of rotatable bonds is 11. The molecule has 0 aliphatic rings. The SMILES string of the molecule is C=CCCCC(=O)N(Cc1ccc(OC)c(OC)c1)C(=O)C(=[N+]=[N-])C(=O)OCC. The summed E-state index contributed by atoms with van der Waals surface area (Å²) in [6.07, 6.45) is 2.77.